The normalized spacial score (nSPS) is 19.3. The summed E-state index contributed by atoms with van der Waals surface area (Å²) in [5.41, 5.74) is 1.03. The molecule has 0 bridgehead atoms. The standard InChI is InChI=1S/C14H23N3OS2/c1-9(2)6-12-14(20-10(3)16-12)17-13(18)7-11-8-19-5-4-15-11/h9,11,15H,4-8H2,1-3H3,(H,17,18). The molecule has 1 saturated heterocycles. The van der Waals surface area contributed by atoms with Crippen molar-refractivity contribution in [3.8, 4) is 0 Å². The summed E-state index contributed by atoms with van der Waals surface area (Å²) >= 11 is 3.49. The maximum absolute atomic E-state index is 12.1. The van der Waals surface area contributed by atoms with Gasteiger partial charge in [0.2, 0.25) is 5.91 Å². The number of hydrogen-bond acceptors (Lipinski definition) is 5. The van der Waals surface area contributed by atoms with Gasteiger partial charge in [-0.1, -0.05) is 13.8 Å². The van der Waals surface area contributed by atoms with E-state index in [-0.39, 0.29) is 5.91 Å². The summed E-state index contributed by atoms with van der Waals surface area (Å²) in [6.45, 7) is 7.33. The Hall–Kier alpha value is -0.590. The van der Waals surface area contributed by atoms with Crippen LogP contribution in [0.15, 0.2) is 0 Å². The van der Waals surface area contributed by atoms with Gasteiger partial charge in [-0.15, -0.1) is 11.3 Å². The number of carbonyl (C=O) groups excluding carboxylic acids is 1. The van der Waals surface area contributed by atoms with E-state index < -0.39 is 0 Å². The molecule has 0 aromatic carbocycles. The fourth-order valence-corrected chi connectivity index (χ4v) is 4.06. The number of carbonyl (C=O) groups is 1. The van der Waals surface area contributed by atoms with Gasteiger partial charge in [0.15, 0.2) is 0 Å². The molecular weight excluding hydrogens is 290 g/mol. The van der Waals surface area contributed by atoms with E-state index in [4.69, 9.17) is 0 Å². The molecular formula is C14H23N3OS2. The Labute approximate surface area is 129 Å². The molecule has 0 radical (unpaired) electrons. The molecule has 0 spiro atoms. The van der Waals surface area contributed by atoms with Gasteiger partial charge < -0.3 is 10.6 Å². The first-order valence-electron chi connectivity index (χ1n) is 7.12. The van der Waals surface area contributed by atoms with Crippen LogP contribution >= 0.6 is 23.1 Å². The number of nitrogens with one attached hydrogen (secondary N) is 2. The fraction of sp³-hybridized carbons (Fsp3) is 0.714. The van der Waals surface area contributed by atoms with Gasteiger partial charge in [0.25, 0.3) is 0 Å². The van der Waals surface area contributed by atoms with E-state index in [1.54, 1.807) is 11.3 Å². The number of aromatic nitrogens is 1. The molecule has 2 N–H and O–H groups in total. The molecule has 112 valence electrons. The third kappa shape index (κ3) is 4.75. The van der Waals surface area contributed by atoms with E-state index in [1.165, 1.54) is 0 Å². The van der Waals surface area contributed by atoms with Crippen molar-refractivity contribution in [2.45, 2.75) is 39.7 Å². The van der Waals surface area contributed by atoms with Crippen molar-refractivity contribution in [2.75, 3.05) is 23.4 Å². The molecule has 1 amide bonds. The average Bonchev–Trinajstić information content (AvgIpc) is 2.69. The molecule has 0 saturated carbocycles. The predicted octanol–water partition coefficient (Wildman–Crippen LogP) is 2.68. The van der Waals surface area contributed by atoms with E-state index in [9.17, 15) is 4.79 Å². The largest absolute Gasteiger partial charge is 0.316 e. The van der Waals surface area contributed by atoms with Crippen LogP contribution in [0.5, 0.6) is 0 Å². The molecule has 6 heteroatoms. The van der Waals surface area contributed by atoms with E-state index in [0.29, 0.717) is 18.4 Å². The van der Waals surface area contributed by atoms with Crippen LogP contribution in [0.2, 0.25) is 0 Å². The zero-order chi connectivity index (χ0) is 14.5. The van der Waals surface area contributed by atoms with Crippen molar-refractivity contribution in [3.05, 3.63) is 10.7 Å². The van der Waals surface area contributed by atoms with E-state index in [2.05, 4.69) is 29.5 Å². The quantitative estimate of drug-likeness (QED) is 0.877. The second kappa shape index (κ2) is 7.43. The first-order valence-corrected chi connectivity index (χ1v) is 9.09. The van der Waals surface area contributed by atoms with Crippen LogP contribution in [-0.4, -0.2) is 35.0 Å². The first kappa shape index (κ1) is 15.8. The Kier molecular flexibility index (Phi) is 5.86. The maximum atomic E-state index is 12.1. The summed E-state index contributed by atoms with van der Waals surface area (Å²) < 4.78 is 0. The molecule has 1 aromatic heterocycles. The van der Waals surface area contributed by atoms with Gasteiger partial charge in [-0.2, -0.15) is 11.8 Å². The molecule has 1 aliphatic heterocycles. The topological polar surface area (TPSA) is 54.0 Å². The molecule has 2 heterocycles. The summed E-state index contributed by atoms with van der Waals surface area (Å²) in [6.07, 6.45) is 1.46. The minimum atomic E-state index is 0.0960. The van der Waals surface area contributed by atoms with E-state index in [1.807, 2.05) is 18.7 Å². The van der Waals surface area contributed by atoms with Crippen LogP contribution in [-0.2, 0) is 11.2 Å². The second-order valence-corrected chi connectivity index (χ2v) is 7.94. The van der Waals surface area contributed by atoms with Crippen molar-refractivity contribution >= 4 is 34.0 Å². The molecule has 1 atom stereocenters. The summed E-state index contributed by atoms with van der Waals surface area (Å²) in [6, 6.07) is 0.302. The molecule has 1 aromatic rings. The van der Waals surface area contributed by atoms with Crippen LogP contribution < -0.4 is 10.6 Å². The van der Waals surface area contributed by atoms with Gasteiger partial charge in [0, 0.05) is 30.5 Å². The number of aryl methyl sites for hydroxylation is 1. The second-order valence-electron chi connectivity index (χ2n) is 5.58. The molecule has 2 rings (SSSR count). The number of nitrogens with zero attached hydrogens (tertiary/aromatic N) is 1. The minimum Gasteiger partial charge on any atom is -0.316 e. The van der Waals surface area contributed by atoms with Crippen LogP contribution in [0.4, 0.5) is 5.00 Å². The average molecular weight is 313 g/mol. The van der Waals surface area contributed by atoms with Gasteiger partial charge in [0.05, 0.1) is 10.7 Å². The van der Waals surface area contributed by atoms with E-state index >= 15 is 0 Å². The molecule has 4 nitrogen and oxygen atoms in total. The predicted molar refractivity (Wildman–Crippen MR) is 87.8 cm³/mol. The van der Waals surface area contributed by atoms with Gasteiger partial charge in [0.1, 0.15) is 5.00 Å². The summed E-state index contributed by atoms with van der Waals surface area (Å²) in [5.74, 6) is 2.81. The third-order valence-corrected chi connectivity index (χ3v) is 5.15. The zero-order valence-corrected chi connectivity index (χ0v) is 14.0. The van der Waals surface area contributed by atoms with Gasteiger partial charge in [-0.25, -0.2) is 4.98 Å². The number of hydrogen-bond donors (Lipinski definition) is 2. The van der Waals surface area contributed by atoms with E-state index in [0.717, 1.165) is 40.2 Å². The zero-order valence-electron chi connectivity index (χ0n) is 12.4. The highest BCUT2D eigenvalue weighted by Crippen LogP contribution is 2.26. The van der Waals surface area contributed by atoms with Gasteiger partial charge in [-0.05, 0) is 19.3 Å². The van der Waals surface area contributed by atoms with Crippen LogP contribution in [0, 0.1) is 12.8 Å². The third-order valence-electron chi connectivity index (χ3n) is 3.09. The fourth-order valence-electron chi connectivity index (χ4n) is 2.25. The molecule has 1 unspecified atom stereocenters. The van der Waals surface area contributed by atoms with Crippen molar-refractivity contribution in [1.29, 1.82) is 0 Å². The number of thioether (sulfide) groups is 1. The lowest BCUT2D eigenvalue weighted by Gasteiger charge is -2.22. The number of rotatable bonds is 5. The Morgan fingerprint density at radius 1 is 1.55 bits per heavy atom. The lowest BCUT2D eigenvalue weighted by Crippen LogP contribution is -2.39. The van der Waals surface area contributed by atoms with Crippen molar-refractivity contribution in [2.24, 2.45) is 5.92 Å². The highest BCUT2D eigenvalue weighted by molar-refractivity contribution is 7.99. The van der Waals surface area contributed by atoms with Crippen LogP contribution in [0.25, 0.3) is 0 Å². The summed E-state index contributed by atoms with van der Waals surface area (Å²) in [5, 5.41) is 8.40. The van der Waals surface area contributed by atoms with Crippen LogP contribution in [0.3, 0.4) is 0 Å². The van der Waals surface area contributed by atoms with Crippen molar-refractivity contribution in [1.82, 2.24) is 10.3 Å². The van der Waals surface area contributed by atoms with Crippen molar-refractivity contribution in [3.63, 3.8) is 0 Å². The lowest BCUT2D eigenvalue weighted by atomic mass is 10.1. The van der Waals surface area contributed by atoms with Crippen LogP contribution in [0.1, 0.15) is 31.0 Å². The summed E-state index contributed by atoms with van der Waals surface area (Å²) in [4.78, 5) is 16.7. The maximum Gasteiger partial charge on any atom is 0.226 e. The van der Waals surface area contributed by atoms with Gasteiger partial charge in [-0.3, -0.25) is 4.79 Å². The Balaban J connectivity index is 1.92. The number of amides is 1. The Morgan fingerprint density at radius 2 is 2.35 bits per heavy atom. The monoisotopic (exact) mass is 313 g/mol. The Bertz CT molecular complexity index is 453. The number of anilines is 1. The summed E-state index contributed by atoms with van der Waals surface area (Å²) in [7, 11) is 0. The smallest absolute Gasteiger partial charge is 0.226 e. The molecule has 20 heavy (non-hydrogen) atoms. The molecule has 0 aliphatic carbocycles. The SMILES string of the molecule is Cc1nc(CC(C)C)c(NC(=O)CC2CSCCN2)s1. The molecule has 1 aliphatic rings. The highest BCUT2D eigenvalue weighted by atomic mass is 32.2. The molecule has 1 fully saturated rings. The Morgan fingerprint density at radius 3 is 3.00 bits per heavy atom. The minimum absolute atomic E-state index is 0.0960. The number of thiazole rings is 1. The van der Waals surface area contributed by atoms with Gasteiger partial charge >= 0.3 is 0 Å². The van der Waals surface area contributed by atoms with Crippen molar-refractivity contribution < 1.29 is 4.79 Å². The first-order chi connectivity index (χ1) is 9.54. The highest BCUT2D eigenvalue weighted by Gasteiger charge is 2.19. The lowest BCUT2D eigenvalue weighted by molar-refractivity contribution is -0.116.